The Bertz CT molecular complexity index is 1190. The van der Waals surface area contributed by atoms with Crippen LogP contribution in [-0.4, -0.2) is 76.3 Å². The van der Waals surface area contributed by atoms with Crippen molar-refractivity contribution in [2.75, 3.05) is 38.0 Å². The summed E-state index contributed by atoms with van der Waals surface area (Å²) in [6.07, 6.45) is 2.29. The van der Waals surface area contributed by atoms with Gasteiger partial charge in [0.25, 0.3) is 5.91 Å². The van der Waals surface area contributed by atoms with Crippen LogP contribution in [0, 0.1) is 5.92 Å². The minimum Gasteiger partial charge on any atom is -0.471 e. The molecule has 4 aliphatic rings. The first-order valence-corrected chi connectivity index (χ1v) is 13.2. The summed E-state index contributed by atoms with van der Waals surface area (Å²) >= 11 is 0. The zero-order chi connectivity index (χ0) is 25.6. The van der Waals surface area contributed by atoms with E-state index in [9.17, 15) is 19.8 Å². The summed E-state index contributed by atoms with van der Waals surface area (Å²) in [5.41, 5.74) is 2.68. The lowest BCUT2D eigenvalue weighted by atomic mass is 9.81. The fourth-order valence-corrected chi connectivity index (χ4v) is 5.68. The summed E-state index contributed by atoms with van der Waals surface area (Å²) in [5.74, 6) is 0.478. The molecule has 2 aromatic rings. The number of ether oxygens (including phenoxy) is 1. The number of nitrogens with zero attached hydrogens (tertiary/aromatic N) is 2. The Kier molecular flexibility index (Phi) is 6.40. The summed E-state index contributed by atoms with van der Waals surface area (Å²) in [7, 11) is 0. The van der Waals surface area contributed by atoms with Gasteiger partial charge in [0.05, 0.1) is 24.9 Å². The second-order valence-corrected chi connectivity index (χ2v) is 10.8. The maximum absolute atomic E-state index is 12.9. The van der Waals surface area contributed by atoms with Crippen LogP contribution in [0.3, 0.4) is 0 Å². The molecule has 196 valence electrons. The number of nitrogens with one attached hydrogen (secondary N) is 2. The summed E-state index contributed by atoms with van der Waals surface area (Å²) in [4.78, 5) is 29.3. The average Bonchev–Trinajstić information content (AvgIpc) is 2.84. The fourth-order valence-electron chi connectivity index (χ4n) is 5.68. The molecular formula is C28H34N4O5. The molecule has 9 nitrogen and oxygen atoms in total. The van der Waals surface area contributed by atoms with Gasteiger partial charge in [-0.25, -0.2) is 0 Å². The van der Waals surface area contributed by atoms with Crippen molar-refractivity contribution in [3.8, 4) is 5.75 Å². The number of hydrogen-bond acceptors (Lipinski definition) is 7. The van der Waals surface area contributed by atoms with Crippen LogP contribution in [0.2, 0.25) is 0 Å². The van der Waals surface area contributed by atoms with Crippen LogP contribution in [0.25, 0.3) is 0 Å². The van der Waals surface area contributed by atoms with E-state index >= 15 is 0 Å². The molecular weight excluding hydrogens is 472 g/mol. The summed E-state index contributed by atoms with van der Waals surface area (Å²) < 4.78 is 6.07. The third-order valence-electron chi connectivity index (χ3n) is 8.17. The molecule has 0 radical (unpaired) electrons. The highest BCUT2D eigenvalue weighted by molar-refractivity contribution is 6.03. The van der Waals surface area contributed by atoms with Crippen molar-refractivity contribution in [2.45, 2.75) is 50.2 Å². The maximum atomic E-state index is 12.9. The van der Waals surface area contributed by atoms with Crippen LogP contribution < -0.4 is 15.4 Å². The van der Waals surface area contributed by atoms with Crippen molar-refractivity contribution in [1.29, 1.82) is 0 Å². The van der Waals surface area contributed by atoms with Crippen molar-refractivity contribution in [3.63, 3.8) is 0 Å². The molecule has 2 amide bonds. The van der Waals surface area contributed by atoms with Gasteiger partial charge in [0, 0.05) is 32.1 Å². The fraction of sp³-hybridized carbons (Fsp3) is 0.500. The lowest BCUT2D eigenvalue weighted by Crippen LogP contribution is -2.73. The van der Waals surface area contributed by atoms with Crippen molar-refractivity contribution in [3.05, 3.63) is 59.2 Å². The van der Waals surface area contributed by atoms with Crippen molar-refractivity contribution in [1.82, 2.24) is 15.1 Å². The van der Waals surface area contributed by atoms with E-state index in [1.165, 1.54) is 11.1 Å². The van der Waals surface area contributed by atoms with Crippen LogP contribution in [0.5, 0.6) is 5.75 Å². The molecule has 1 aliphatic carbocycles. The molecule has 2 aromatic carbocycles. The molecule has 0 bridgehead atoms. The van der Waals surface area contributed by atoms with Gasteiger partial charge in [-0.2, -0.15) is 0 Å². The Labute approximate surface area is 216 Å². The van der Waals surface area contributed by atoms with Crippen molar-refractivity contribution >= 4 is 17.5 Å². The Balaban J connectivity index is 1.01. The molecule has 0 aromatic heterocycles. The summed E-state index contributed by atoms with van der Waals surface area (Å²) in [5, 5.41) is 27.1. The third-order valence-corrected chi connectivity index (χ3v) is 8.17. The topological polar surface area (TPSA) is 114 Å². The second-order valence-electron chi connectivity index (χ2n) is 10.8. The smallest absolute Gasteiger partial charge is 0.272 e. The summed E-state index contributed by atoms with van der Waals surface area (Å²) in [6, 6.07) is 13.5. The van der Waals surface area contributed by atoms with Gasteiger partial charge in [0.2, 0.25) is 11.5 Å². The Morgan fingerprint density at radius 1 is 1.16 bits per heavy atom. The molecule has 1 spiro atoms. The first-order chi connectivity index (χ1) is 17.9. The van der Waals surface area contributed by atoms with Gasteiger partial charge in [-0.1, -0.05) is 36.8 Å². The molecule has 3 heterocycles. The van der Waals surface area contributed by atoms with Crippen LogP contribution in [0.15, 0.2) is 42.5 Å². The van der Waals surface area contributed by atoms with E-state index in [0.717, 1.165) is 38.8 Å². The highest BCUT2D eigenvalue weighted by atomic mass is 16.5. The van der Waals surface area contributed by atoms with Crippen molar-refractivity contribution < 1.29 is 24.5 Å². The van der Waals surface area contributed by atoms with Crippen LogP contribution in [0.4, 0.5) is 5.69 Å². The van der Waals surface area contributed by atoms with Gasteiger partial charge in [0.15, 0.2) is 0 Å². The SMILES string of the molecule is O=C(C1CCC1)N1CC2(C1)Oc1ccc(C(O)NC[C@H](O)CN3CCc4ccccc4C3)cc1NC2=O. The number of amides is 2. The van der Waals surface area contributed by atoms with E-state index < -0.39 is 17.9 Å². The predicted octanol–water partition coefficient (Wildman–Crippen LogP) is 1.40. The van der Waals surface area contributed by atoms with E-state index in [1.807, 2.05) is 6.07 Å². The number of aliphatic hydroxyl groups excluding tert-OH is 2. The van der Waals surface area contributed by atoms with Gasteiger partial charge in [-0.05, 0) is 48.1 Å². The molecule has 1 unspecified atom stereocenters. The average molecular weight is 507 g/mol. The largest absolute Gasteiger partial charge is 0.471 e. The van der Waals surface area contributed by atoms with E-state index in [0.29, 0.717) is 23.5 Å². The molecule has 2 fully saturated rings. The maximum Gasteiger partial charge on any atom is 0.272 e. The molecule has 4 N–H and O–H groups in total. The molecule has 37 heavy (non-hydrogen) atoms. The molecule has 9 heteroatoms. The van der Waals surface area contributed by atoms with E-state index in [1.54, 1.807) is 23.1 Å². The lowest BCUT2D eigenvalue weighted by Gasteiger charge is -2.51. The molecule has 6 rings (SSSR count). The zero-order valence-electron chi connectivity index (χ0n) is 20.9. The number of carbonyl (C=O) groups is 2. The molecule has 1 saturated heterocycles. The number of anilines is 1. The van der Waals surface area contributed by atoms with Crippen LogP contribution in [0.1, 0.15) is 42.2 Å². The van der Waals surface area contributed by atoms with Crippen LogP contribution >= 0.6 is 0 Å². The first kappa shape index (κ1) is 24.4. The number of hydrogen-bond donors (Lipinski definition) is 4. The molecule has 3 aliphatic heterocycles. The normalized spacial score (nSPS) is 22.1. The monoisotopic (exact) mass is 506 g/mol. The third kappa shape index (κ3) is 4.72. The highest BCUT2D eigenvalue weighted by Gasteiger charge is 2.56. The zero-order valence-corrected chi connectivity index (χ0v) is 20.9. The number of carbonyl (C=O) groups excluding carboxylic acids is 2. The standard InChI is InChI=1S/C28H34N4O5/c33-22(15-31-11-10-18-4-1-2-5-21(18)14-31)13-29-25(34)20-8-9-24-23(12-20)30-27(36)28(37-24)16-32(17-28)26(35)19-6-3-7-19/h1-2,4-5,8-9,12,19,22,25,29,33-34H,3,6-7,10-11,13-17H2,(H,30,36)/t22-,25?/m0/s1. The number of likely N-dealkylation sites (tertiary alicyclic amines) is 1. The van der Waals surface area contributed by atoms with E-state index in [2.05, 4.69) is 33.7 Å². The quantitative estimate of drug-likeness (QED) is 0.420. The Morgan fingerprint density at radius 2 is 1.95 bits per heavy atom. The minimum atomic E-state index is -1.04. The van der Waals surface area contributed by atoms with E-state index in [4.69, 9.17) is 4.74 Å². The number of β-amino-alcohol motifs (C(OH)–C–C–N with tert-alkyl or cyclic N) is 1. The second kappa shape index (κ2) is 9.72. The first-order valence-electron chi connectivity index (χ1n) is 13.2. The van der Waals surface area contributed by atoms with Gasteiger partial charge >= 0.3 is 0 Å². The van der Waals surface area contributed by atoms with Gasteiger partial charge < -0.3 is 25.2 Å². The van der Waals surface area contributed by atoms with Crippen molar-refractivity contribution in [2.24, 2.45) is 5.92 Å². The Morgan fingerprint density at radius 3 is 2.70 bits per heavy atom. The highest BCUT2D eigenvalue weighted by Crippen LogP contribution is 2.40. The van der Waals surface area contributed by atoms with E-state index in [-0.39, 0.29) is 37.4 Å². The van der Waals surface area contributed by atoms with Gasteiger partial charge in [-0.15, -0.1) is 0 Å². The summed E-state index contributed by atoms with van der Waals surface area (Å²) in [6.45, 7) is 2.99. The molecule has 1 saturated carbocycles. The van der Waals surface area contributed by atoms with Crippen LogP contribution in [-0.2, 0) is 22.6 Å². The number of aliphatic hydroxyl groups is 2. The molecule has 2 atom stereocenters. The predicted molar refractivity (Wildman–Crippen MR) is 137 cm³/mol. The Hall–Kier alpha value is -2.98. The van der Waals surface area contributed by atoms with Gasteiger partial charge in [0.1, 0.15) is 12.0 Å². The van der Waals surface area contributed by atoms with Gasteiger partial charge in [-0.3, -0.25) is 19.8 Å². The minimum absolute atomic E-state index is 0.0999. The lowest BCUT2D eigenvalue weighted by molar-refractivity contribution is -0.165. The number of fused-ring (bicyclic) bond motifs is 2. The number of benzene rings is 2. The number of rotatable bonds is 7.